The molecule has 4 N–H and O–H groups in total. The Kier molecular flexibility index (Phi) is 11.0. The molecule has 2 unspecified atom stereocenters. The number of terminal acetylenes is 1. The number of nitrogens with one attached hydrogen (secondary N) is 2. The van der Waals surface area contributed by atoms with Gasteiger partial charge < -0.3 is 26.0 Å². The molecule has 1 aliphatic carbocycles. The minimum absolute atomic E-state index is 0.0308. The van der Waals surface area contributed by atoms with E-state index < -0.39 is 35.6 Å². The molecule has 2 rings (SSSR count). The second-order valence-corrected chi connectivity index (χ2v) is 10.3. The molecule has 0 spiro atoms. The standard InChI is InChI=1S/C28H40N4O5/c1-6-19-13-15-20(16-14-19)24(25(34)30-21-11-9-8-10-12-21)32(7-2)26(35)22(17-18-23(29)33)31-27(36)37-28(3,4)5/h1,13-16,21-22,24H,7-12,17-18H2,2-5H3,(H2,29,33)(H,30,34)(H,31,36). The molecular weight excluding hydrogens is 472 g/mol. The highest BCUT2D eigenvalue weighted by molar-refractivity contribution is 5.92. The van der Waals surface area contributed by atoms with Crippen molar-refractivity contribution >= 4 is 23.8 Å². The summed E-state index contributed by atoms with van der Waals surface area (Å²) in [7, 11) is 0. The van der Waals surface area contributed by atoms with E-state index in [-0.39, 0.29) is 31.3 Å². The van der Waals surface area contributed by atoms with Gasteiger partial charge in [-0.25, -0.2) is 4.79 Å². The fourth-order valence-electron chi connectivity index (χ4n) is 4.42. The van der Waals surface area contributed by atoms with Crippen molar-refractivity contribution in [1.82, 2.24) is 15.5 Å². The Morgan fingerprint density at radius 1 is 1.14 bits per heavy atom. The zero-order chi connectivity index (χ0) is 27.6. The maximum absolute atomic E-state index is 13.8. The molecule has 0 radical (unpaired) electrons. The summed E-state index contributed by atoms with van der Waals surface area (Å²) in [4.78, 5) is 52.9. The van der Waals surface area contributed by atoms with E-state index in [1.54, 1.807) is 52.0 Å². The fraction of sp³-hybridized carbons (Fsp3) is 0.571. The summed E-state index contributed by atoms with van der Waals surface area (Å²) in [5, 5.41) is 5.69. The summed E-state index contributed by atoms with van der Waals surface area (Å²) >= 11 is 0. The van der Waals surface area contributed by atoms with E-state index in [1.807, 2.05) is 0 Å². The van der Waals surface area contributed by atoms with E-state index in [2.05, 4.69) is 16.6 Å². The van der Waals surface area contributed by atoms with Crippen LogP contribution in [0.3, 0.4) is 0 Å². The summed E-state index contributed by atoms with van der Waals surface area (Å²) in [6, 6.07) is 4.87. The molecule has 1 aromatic carbocycles. The first-order chi connectivity index (χ1) is 17.4. The Bertz CT molecular complexity index is 987. The first-order valence-electron chi connectivity index (χ1n) is 12.9. The first-order valence-corrected chi connectivity index (χ1v) is 12.9. The monoisotopic (exact) mass is 512 g/mol. The Morgan fingerprint density at radius 2 is 1.76 bits per heavy atom. The summed E-state index contributed by atoms with van der Waals surface area (Å²) in [6.07, 6.45) is 9.53. The lowest BCUT2D eigenvalue weighted by Gasteiger charge is -2.35. The highest BCUT2D eigenvalue weighted by Gasteiger charge is 2.36. The number of benzene rings is 1. The molecular formula is C28H40N4O5. The third kappa shape index (κ3) is 9.45. The van der Waals surface area contributed by atoms with Crippen LogP contribution in [0.4, 0.5) is 4.79 Å². The SMILES string of the molecule is C#Cc1ccc(C(C(=O)NC2CCCCC2)N(CC)C(=O)C(CCC(N)=O)NC(=O)OC(C)(C)C)cc1. The van der Waals surface area contributed by atoms with Gasteiger partial charge in [-0.2, -0.15) is 0 Å². The van der Waals surface area contributed by atoms with Crippen LogP contribution in [0.2, 0.25) is 0 Å². The Morgan fingerprint density at radius 3 is 2.27 bits per heavy atom. The minimum atomic E-state index is -1.11. The van der Waals surface area contributed by atoms with Crippen molar-refractivity contribution in [2.75, 3.05) is 6.54 Å². The van der Waals surface area contributed by atoms with E-state index in [9.17, 15) is 19.2 Å². The van der Waals surface area contributed by atoms with Crippen LogP contribution < -0.4 is 16.4 Å². The van der Waals surface area contributed by atoms with Crippen LogP contribution in [0.25, 0.3) is 0 Å². The maximum atomic E-state index is 13.8. The number of ether oxygens (including phenoxy) is 1. The molecule has 1 aromatic rings. The lowest BCUT2D eigenvalue weighted by molar-refractivity contribution is -0.142. The van der Waals surface area contributed by atoms with E-state index >= 15 is 0 Å². The topological polar surface area (TPSA) is 131 Å². The highest BCUT2D eigenvalue weighted by atomic mass is 16.6. The van der Waals surface area contributed by atoms with Crippen LogP contribution in [0.15, 0.2) is 24.3 Å². The van der Waals surface area contributed by atoms with E-state index in [0.29, 0.717) is 11.1 Å². The zero-order valence-electron chi connectivity index (χ0n) is 22.3. The maximum Gasteiger partial charge on any atom is 0.408 e. The van der Waals surface area contributed by atoms with E-state index in [4.69, 9.17) is 16.9 Å². The van der Waals surface area contributed by atoms with Gasteiger partial charge in [-0.3, -0.25) is 14.4 Å². The van der Waals surface area contributed by atoms with Gasteiger partial charge in [-0.1, -0.05) is 37.3 Å². The number of carbonyl (C=O) groups excluding carboxylic acids is 4. The molecule has 202 valence electrons. The average molecular weight is 513 g/mol. The minimum Gasteiger partial charge on any atom is -0.444 e. The number of nitrogens with zero attached hydrogens (tertiary/aromatic N) is 1. The van der Waals surface area contributed by atoms with Crippen LogP contribution in [0.1, 0.15) is 89.8 Å². The van der Waals surface area contributed by atoms with Crippen molar-refractivity contribution in [3.05, 3.63) is 35.4 Å². The number of rotatable bonds is 10. The number of alkyl carbamates (subject to hydrolysis) is 1. The molecule has 0 saturated heterocycles. The molecule has 0 bridgehead atoms. The second-order valence-electron chi connectivity index (χ2n) is 10.3. The summed E-state index contributed by atoms with van der Waals surface area (Å²) in [5.41, 5.74) is 5.78. The highest BCUT2D eigenvalue weighted by Crippen LogP contribution is 2.25. The fourth-order valence-corrected chi connectivity index (χ4v) is 4.42. The molecule has 4 amide bonds. The van der Waals surface area contributed by atoms with E-state index in [1.165, 1.54) is 4.90 Å². The third-order valence-corrected chi connectivity index (χ3v) is 6.20. The van der Waals surface area contributed by atoms with Gasteiger partial charge in [0.1, 0.15) is 17.7 Å². The summed E-state index contributed by atoms with van der Waals surface area (Å²) in [6.45, 7) is 7.05. The molecule has 0 aliphatic heterocycles. The predicted octanol–water partition coefficient (Wildman–Crippen LogP) is 3.17. The number of hydrogen-bond acceptors (Lipinski definition) is 5. The average Bonchev–Trinajstić information content (AvgIpc) is 2.84. The first kappa shape index (κ1) is 29.7. The van der Waals surface area contributed by atoms with Crippen molar-refractivity contribution in [2.24, 2.45) is 5.73 Å². The van der Waals surface area contributed by atoms with Gasteiger partial charge in [-0.05, 0) is 64.7 Å². The van der Waals surface area contributed by atoms with Crippen molar-refractivity contribution in [2.45, 2.75) is 96.4 Å². The smallest absolute Gasteiger partial charge is 0.408 e. The molecule has 0 heterocycles. The number of carbonyl (C=O) groups is 4. The lowest BCUT2D eigenvalue weighted by atomic mass is 9.94. The Hall–Kier alpha value is -3.54. The lowest BCUT2D eigenvalue weighted by Crippen LogP contribution is -2.54. The molecule has 1 saturated carbocycles. The number of likely N-dealkylation sites (N-methyl/N-ethyl adjacent to an activating group) is 1. The number of nitrogens with two attached hydrogens (primary N) is 1. The number of hydrogen-bond donors (Lipinski definition) is 3. The second kappa shape index (κ2) is 13.7. The Labute approximate surface area is 219 Å². The molecule has 1 fully saturated rings. The quantitative estimate of drug-likeness (QED) is 0.415. The van der Waals surface area contributed by atoms with Crippen LogP contribution in [0, 0.1) is 12.3 Å². The Balaban J connectivity index is 2.39. The van der Waals surface area contributed by atoms with Gasteiger partial charge in [0.15, 0.2) is 0 Å². The molecule has 9 heteroatoms. The van der Waals surface area contributed by atoms with Gasteiger partial charge in [0.25, 0.3) is 0 Å². The van der Waals surface area contributed by atoms with Crippen LogP contribution in [0.5, 0.6) is 0 Å². The largest absolute Gasteiger partial charge is 0.444 e. The van der Waals surface area contributed by atoms with Crippen LogP contribution in [-0.4, -0.2) is 52.9 Å². The number of amides is 4. The molecule has 37 heavy (non-hydrogen) atoms. The van der Waals surface area contributed by atoms with Gasteiger partial charge >= 0.3 is 6.09 Å². The van der Waals surface area contributed by atoms with Gasteiger partial charge in [-0.15, -0.1) is 6.42 Å². The van der Waals surface area contributed by atoms with Gasteiger partial charge in [0.2, 0.25) is 17.7 Å². The molecule has 9 nitrogen and oxygen atoms in total. The van der Waals surface area contributed by atoms with E-state index in [0.717, 1.165) is 32.1 Å². The number of primary amides is 1. The van der Waals surface area contributed by atoms with Gasteiger partial charge in [0.05, 0.1) is 0 Å². The van der Waals surface area contributed by atoms with Crippen molar-refractivity contribution in [1.29, 1.82) is 0 Å². The van der Waals surface area contributed by atoms with Crippen LogP contribution in [-0.2, 0) is 19.1 Å². The third-order valence-electron chi connectivity index (χ3n) is 6.20. The zero-order valence-corrected chi connectivity index (χ0v) is 22.3. The van der Waals surface area contributed by atoms with Crippen molar-refractivity contribution in [3.63, 3.8) is 0 Å². The normalized spacial score (nSPS) is 15.5. The van der Waals surface area contributed by atoms with Gasteiger partial charge in [0, 0.05) is 24.6 Å². The predicted molar refractivity (Wildman–Crippen MR) is 141 cm³/mol. The van der Waals surface area contributed by atoms with Crippen molar-refractivity contribution in [3.8, 4) is 12.3 Å². The molecule has 0 aromatic heterocycles. The molecule has 2 atom stereocenters. The summed E-state index contributed by atoms with van der Waals surface area (Å²) in [5.74, 6) is 1.13. The summed E-state index contributed by atoms with van der Waals surface area (Å²) < 4.78 is 5.32. The molecule has 1 aliphatic rings. The van der Waals surface area contributed by atoms with Crippen LogP contribution >= 0.6 is 0 Å². The van der Waals surface area contributed by atoms with Crippen molar-refractivity contribution < 1.29 is 23.9 Å².